The van der Waals surface area contributed by atoms with Crippen LogP contribution in [-0.2, 0) is 6.42 Å². The molecule has 2 aromatic carbocycles. The Hall–Kier alpha value is -2.12. The maximum atomic E-state index is 2.33. The van der Waals surface area contributed by atoms with Gasteiger partial charge in [0.2, 0.25) is 0 Å². The molecule has 1 heterocycles. The Labute approximate surface area is 141 Å². The third-order valence-electron chi connectivity index (χ3n) is 4.87. The Morgan fingerprint density at radius 1 is 0.870 bits per heavy atom. The first-order valence-electron chi connectivity index (χ1n) is 8.25. The van der Waals surface area contributed by atoms with Gasteiger partial charge in [0.05, 0.1) is 0 Å². The Bertz CT molecular complexity index is 820. The summed E-state index contributed by atoms with van der Waals surface area (Å²) in [4.78, 5) is 0. The second kappa shape index (κ2) is 6.55. The van der Waals surface area contributed by atoms with Crippen LogP contribution in [0.15, 0.2) is 78.4 Å². The largest absolute Gasteiger partial charge is 0.152 e. The minimum absolute atomic E-state index is 0.450. The van der Waals surface area contributed by atoms with Crippen molar-refractivity contribution in [2.24, 2.45) is 0 Å². The van der Waals surface area contributed by atoms with E-state index in [4.69, 9.17) is 0 Å². The van der Waals surface area contributed by atoms with Crippen LogP contribution in [0, 0.1) is 0 Å². The summed E-state index contributed by atoms with van der Waals surface area (Å²) in [7, 11) is 1.78. The first-order valence-corrected chi connectivity index (χ1v) is 9.19. The van der Waals surface area contributed by atoms with Crippen LogP contribution in [0.25, 0.3) is 0 Å². The third-order valence-corrected chi connectivity index (χ3v) is 5.59. The zero-order valence-electron chi connectivity index (χ0n) is 13.1. The zero-order valence-corrected chi connectivity index (χ0v) is 13.9. The molecule has 4 rings (SSSR count). The van der Waals surface area contributed by atoms with Gasteiger partial charge in [0, 0.05) is 5.92 Å². The Morgan fingerprint density at radius 2 is 1.70 bits per heavy atom. The molecule has 1 aliphatic carbocycles. The first kappa shape index (κ1) is 14.5. The van der Waals surface area contributed by atoms with Crippen LogP contribution >= 0.6 is 10.9 Å². The van der Waals surface area contributed by atoms with Crippen LogP contribution in [0.2, 0.25) is 0 Å². The van der Waals surface area contributed by atoms with Gasteiger partial charge in [-0.05, 0) is 51.8 Å². The molecule has 0 nitrogen and oxygen atoms in total. The van der Waals surface area contributed by atoms with E-state index >= 15 is 0 Å². The fourth-order valence-electron chi connectivity index (χ4n) is 3.82. The van der Waals surface area contributed by atoms with Crippen LogP contribution in [0.5, 0.6) is 0 Å². The number of fused-ring (bicyclic) bond motifs is 1. The van der Waals surface area contributed by atoms with Gasteiger partial charge in [-0.1, -0.05) is 72.8 Å². The minimum atomic E-state index is 0.450. The highest BCUT2D eigenvalue weighted by atomic mass is 32.1. The molecule has 0 unspecified atom stereocenters. The van der Waals surface area contributed by atoms with Crippen molar-refractivity contribution in [3.8, 4) is 0 Å². The van der Waals surface area contributed by atoms with Gasteiger partial charge in [0.25, 0.3) is 0 Å². The zero-order chi connectivity index (χ0) is 15.5. The highest BCUT2D eigenvalue weighted by Crippen LogP contribution is 2.46. The van der Waals surface area contributed by atoms with Gasteiger partial charge >= 0.3 is 0 Å². The Balaban J connectivity index is 1.86. The number of hydrogen-bond acceptors (Lipinski definition) is 0. The number of benzene rings is 2. The number of hydrogen-bond donors (Lipinski definition) is 0. The number of allylic oxidation sites excluding steroid dienone is 4. The molecule has 0 spiro atoms. The second-order valence-corrected chi connectivity index (χ2v) is 6.95. The molecule has 23 heavy (non-hydrogen) atoms. The summed E-state index contributed by atoms with van der Waals surface area (Å²) in [6.45, 7) is 0. The number of aryl methyl sites for hydroxylation is 1. The van der Waals surface area contributed by atoms with Crippen molar-refractivity contribution in [1.29, 1.82) is 0 Å². The summed E-state index contributed by atoms with van der Waals surface area (Å²) >= 11 is 0. The molecule has 2 atom stereocenters. The highest BCUT2D eigenvalue weighted by Gasteiger charge is 2.32. The van der Waals surface area contributed by atoms with Gasteiger partial charge in [-0.3, -0.25) is 0 Å². The summed E-state index contributed by atoms with van der Waals surface area (Å²) in [6.07, 6.45) is 8.98. The third kappa shape index (κ3) is 2.89. The van der Waals surface area contributed by atoms with E-state index in [-0.39, 0.29) is 0 Å². The van der Waals surface area contributed by atoms with E-state index in [2.05, 4.69) is 83.6 Å². The molecule has 0 radical (unpaired) electrons. The molecule has 0 amide bonds. The van der Waals surface area contributed by atoms with Gasteiger partial charge in [0.1, 0.15) is 0 Å². The van der Waals surface area contributed by atoms with Crippen LogP contribution in [-0.4, -0.2) is 10.7 Å². The van der Waals surface area contributed by atoms with Crippen molar-refractivity contribution in [3.05, 3.63) is 95.1 Å². The van der Waals surface area contributed by atoms with E-state index in [1.165, 1.54) is 35.1 Å². The SMILES string of the molecule is C1=CC=C([C@H]2c3ccccc3CC[C@H]2c2ccccc2)C=S=C1. The molecule has 0 saturated carbocycles. The van der Waals surface area contributed by atoms with E-state index in [1.54, 1.807) is 10.9 Å². The molecule has 0 saturated heterocycles. The summed E-state index contributed by atoms with van der Waals surface area (Å²) in [5.41, 5.74) is 5.91. The normalized spacial score (nSPS) is 22.7. The van der Waals surface area contributed by atoms with Gasteiger partial charge in [-0.15, -0.1) is 0 Å². The molecule has 114 valence electrons. The molecule has 0 bridgehead atoms. The van der Waals surface area contributed by atoms with E-state index in [1.807, 2.05) is 0 Å². The van der Waals surface area contributed by atoms with E-state index < -0.39 is 0 Å². The van der Waals surface area contributed by atoms with Crippen LogP contribution in [0.4, 0.5) is 0 Å². The predicted octanol–water partition coefficient (Wildman–Crippen LogP) is 5.33. The Morgan fingerprint density at radius 3 is 2.61 bits per heavy atom. The lowest BCUT2D eigenvalue weighted by molar-refractivity contribution is 0.528. The lowest BCUT2D eigenvalue weighted by atomic mass is 9.69. The maximum absolute atomic E-state index is 2.33. The molecular formula is C22H20S. The number of rotatable bonds is 2. The predicted molar refractivity (Wildman–Crippen MR) is 104 cm³/mol. The van der Waals surface area contributed by atoms with Gasteiger partial charge in [-0.2, -0.15) is 10.9 Å². The molecule has 2 aliphatic rings. The highest BCUT2D eigenvalue weighted by molar-refractivity contribution is 7.96. The van der Waals surface area contributed by atoms with Crippen LogP contribution in [0.3, 0.4) is 0 Å². The summed E-state index contributed by atoms with van der Waals surface area (Å²) in [5.74, 6) is 1.01. The maximum Gasteiger partial charge on any atom is 0.0169 e. The lowest BCUT2D eigenvalue weighted by Crippen LogP contribution is -2.21. The van der Waals surface area contributed by atoms with Crippen molar-refractivity contribution >= 4 is 21.7 Å². The second-order valence-electron chi connectivity index (χ2n) is 6.17. The molecule has 1 aliphatic heterocycles. The van der Waals surface area contributed by atoms with Crippen molar-refractivity contribution in [3.63, 3.8) is 0 Å². The van der Waals surface area contributed by atoms with Crippen molar-refractivity contribution in [2.45, 2.75) is 24.7 Å². The van der Waals surface area contributed by atoms with Crippen LogP contribution in [0.1, 0.15) is 34.9 Å². The molecule has 2 aromatic rings. The molecule has 0 N–H and O–H groups in total. The van der Waals surface area contributed by atoms with E-state index in [0.29, 0.717) is 11.8 Å². The average molecular weight is 316 g/mol. The summed E-state index contributed by atoms with van der Waals surface area (Å²) in [5, 5.41) is 4.47. The van der Waals surface area contributed by atoms with Crippen molar-refractivity contribution < 1.29 is 0 Å². The summed E-state index contributed by atoms with van der Waals surface area (Å²) in [6, 6.07) is 20.0. The molecule has 1 heteroatoms. The quantitative estimate of drug-likeness (QED) is 0.657. The fourth-order valence-corrected chi connectivity index (χ4v) is 4.46. The Kier molecular flexibility index (Phi) is 4.12. The molecular weight excluding hydrogens is 296 g/mol. The summed E-state index contributed by atoms with van der Waals surface area (Å²) < 4.78 is 0. The topological polar surface area (TPSA) is 0 Å². The molecule has 0 aromatic heterocycles. The standard InChI is InChI=1S/C22H20S/c1-2-8-17(9-3-1)21-14-13-18-10-4-5-12-20(18)22(21)19-11-6-7-15-23-16-19/h1-12,15-16,21-22H,13-14H2/t21-,22-/m0/s1. The van der Waals surface area contributed by atoms with Crippen LogP contribution < -0.4 is 0 Å². The lowest BCUT2D eigenvalue weighted by Gasteiger charge is -2.35. The molecule has 0 fully saturated rings. The van der Waals surface area contributed by atoms with E-state index in [0.717, 1.165) is 0 Å². The fraction of sp³-hybridized carbons (Fsp3) is 0.182. The van der Waals surface area contributed by atoms with E-state index in [9.17, 15) is 0 Å². The van der Waals surface area contributed by atoms with Crippen molar-refractivity contribution in [2.75, 3.05) is 0 Å². The van der Waals surface area contributed by atoms with Gasteiger partial charge in [-0.25, -0.2) is 0 Å². The monoisotopic (exact) mass is 316 g/mol. The smallest absolute Gasteiger partial charge is 0.0169 e. The van der Waals surface area contributed by atoms with Crippen molar-refractivity contribution in [1.82, 2.24) is 0 Å². The first-order chi connectivity index (χ1) is 11.4. The van der Waals surface area contributed by atoms with Gasteiger partial charge in [0.15, 0.2) is 0 Å². The minimum Gasteiger partial charge on any atom is -0.152 e. The van der Waals surface area contributed by atoms with Gasteiger partial charge < -0.3 is 0 Å². The average Bonchev–Trinajstić information content (AvgIpc) is 2.90.